The van der Waals surface area contributed by atoms with Crippen molar-refractivity contribution < 1.29 is 37.4 Å². The number of carboxylic acids is 1. The monoisotopic (exact) mass is 719 g/mol. The predicted octanol–water partition coefficient (Wildman–Crippen LogP) is 5.04. The van der Waals surface area contributed by atoms with E-state index in [0.717, 1.165) is 57.8 Å². The molecule has 1 saturated heterocycles. The van der Waals surface area contributed by atoms with Crippen LogP contribution in [0.3, 0.4) is 0 Å². The van der Waals surface area contributed by atoms with Gasteiger partial charge in [-0.3, -0.25) is 9.69 Å². The van der Waals surface area contributed by atoms with Gasteiger partial charge in [-0.25, -0.2) is 14.3 Å². The van der Waals surface area contributed by atoms with E-state index in [9.17, 15) is 27.9 Å². The Labute approximate surface area is 298 Å². The van der Waals surface area contributed by atoms with Crippen LogP contribution in [0, 0.1) is 0 Å². The Morgan fingerprint density at radius 3 is 2.43 bits per heavy atom. The summed E-state index contributed by atoms with van der Waals surface area (Å²) in [5, 5.41) is 11.1. The van der Waals surface area contributed by atoms with Crippen molar-refractivity contribution in [2.75, 3.05) is 53.4 Å². The largest absolute Gasteiger partial charge is 0.497 e. The van der Waals surface area contributed by atoms with Gasteiger partial charge in [-0.15, -0.1) is 0 Å². The summed E-state index contributed by atoms with van der Waals surface area (Å²) in [6.07, 6.45) is 6.59. The zero-order valence-electron chi connectivity index (χ0n) is 29.3. The highest BCUT2D eigenvalue weighted by Crippen LogP contribution is 2.47. The van der Waals surface area contributed by atoms with Crippen molar-refractivity contribution in [1.29, 1.82) is 0 Å². The first-order valence-corrected chi connectivity index (χ1v) is 18.7. The van der Waals surface area contributed by atoms with Crippen LogP contribution in [0.4, 0.5) is 4.79 Å². The van der Waals surface area contributed by atoms with Crippen LogP contribution in [-0.4, -0.2) is 104 Å². The van der Waals surface area contributed by atoms with E-state index in [1.54, 1.807) is 37.1 Å². The summed E-state index contributed by atoms with van der Waals surface area (Å²) < 4.78 is 42.4. The molecule has 13 nitrogen and oxygen atoms in total. The van der Waals surface area contributed by atoms with Crippen LogP contribution in [0.15, 0.2) is 54.3 Å². The number of piperazine rings is 1. The second-order valence-corrected chi connectivity index (χ2v) is 15.3. The molecule has 0 radical (unpaired) electrons. The normalized spacial score (nSPS) is 16.9. The molecule has 3 aliphatic rings. The first-order chi connectivity index (χ1) is 24.4. The van der Waals surface area contributed by atoms with Crippen LogP contribution in [0.2, 0.25) is 0 Å². The number of aliphatic carboxylic acids is 1. The number of hydrogen-bond acceptors (Lipinski definition) is 8. The van der Waals surface area contributed by atoms with Crippen LogP contribution >= 0.6 is 0 Å². The molecular formula is C37H45N5O8S. The van der Waals surface area contributed by atoms with Crippen molar-refractivity contribution in [3.05, 3.63) is 71.0 Å². The zero-order valence-corrected chi connectivity index (χ0v) is 30.1. The van der Waals surface area contributed by atoms with Crippen LogP contribution < -0.4 is 9.46 Å². The number of aromatic nitrogens is 1. The Kier molecular flexibility index (Phi) is 10.6. The lowest BCUT2D eigenvalue weighted by Crippen LogP contribution is -2.51. The summed E-state index contributed by atoms with van der Waals surface area (Å²) in [5.74, 6) is -0.642. The van der Waals surface area contributed by atoms with Crippen molar-refractivity contribution in [1.82, 2.24) is 23.4 Å². The molecule has 0 unspecified atom stereocenters. The number of allylic oxidation sites excluding steroid dienone is 1. The molecule has 1 aromatic heterocycles. The van der Waals surface area contributed by atoms with E-state index in [-0.39, 0.29) is 30.1 Å². The third kappa shape index (κ3) is 7.67. The first kappa shape index (κ1) is 36.1. The summed E-state index contributed by atoms with van der Waals surface area (Å²) >= 11 is 0. The van der Waals surface area contributed by atoms with Gasteiger partial charge < -0.3 is 24.0 Å². The fraction of sp³-hybridized carbons (Fsp3) is 0.432. The van der Waals surface area contributed by atoms with Gasteiger partial charge in [-0.05, 0) is 73.2 Å². The first-order valence-electron chi connectivity index (χ1n) is 17.3. The highest BCUT2D eigenvalue weighted by molar-refractivity contribution is 7.87. The third-order valence-electron chi connectivity index (χ3n) is 10.1. The summed E-state index contributed by atoms with van der Waals surface area (Å²) in [7, 11) is -1.21. The van der Waals surface area contributed by atoms with E-state index in [1.165, 1.54) is 13.5 Å². The smallest absolute Gasteiger partial charge is 0.414 e. The number of carbonyl (C=O) groups is 3. The number of benzene rings is 2. The van der Waals surface area contributed by atoms with Crippen molar-refractivity contribution in [3.8, 4) is 17.0 Å². The molecule has 1 saturated carbocycles. The van der Waals surface area contributed by atoms with Gasteiger partial charge in [0.1, 0.15) is 5.75 Å². The Balaban J connectivity index is 1.25. The molecule has 272 valence electrons. The fourth-order valence-electron chi connectivity index (χ4n) is 7.34. The molecule has 0 spiro atoms. The second-order valence-electron chi connectivity index (χ2n) is 13.5. The quantitative estimate of drug-likeness (QED) is 0.275. The van der Waals surface area contributed by atoms with Crippen molar-refractivity contribution >= 4 is 45.2 Å². The van der Waals surface area contributed by atoms with Gasteiger partial charge in [0, 0.05) is 68.3 Å². The molecule has 2 aliphatic heterocycles. The number of fused-ring (bicyclic) bond motifs is 5. The summed E-state index contributed by atoms with van der Waals surface area (Å²) in [6.45, 7) is 7.79. The molecule has 0 bridgehead atoms. The molecule has 6 rings (SSSR count). The number of hydrogen-bond donors (Lipinski definition) is 2. The van der Waals surface area contributed by atoms with E-state index in [4.69, 9.17) is 9.47 Å². The minimum Gasteiger partial charge on any atom is -0.497 e. The maximum absolute atomic E-state index is 13.6. The van der Waals surface area contributed by atoms with Gasteiger partial charge in [-0.2, -0.15) is 12.7 Å². The van der Waals surface area contributed by atoms with Gasteiger partial charge in [0.15, 0.2) is 0 Å². The lowest BCUT2D eigenvalue weighted by atomic mass is 9.81. The Morgan fingerprint density at radius 2 is 1.76 bits per heavy atom. The van der Waals surface area contributed by atoms with E-state index in [1.807, 2.05) is 33.7 Å². The Hall–Kier alpha value is -4.66. The third-order valence-corrected chi connectivity index (χ3v) is 11.5. The fourth-order valence-corrected chi connectivity index (χ4v) is 8.17. The van der Waals surface area contributed by atoms with Crippen molar-refractivity contribution in [2.24, 2.45) is 0 Å². The van der Waals surface area contributed by atoms with E-state index in [2.05, 4.69) is 11.3 Å². The van der Waals surface area contributed by atoms with Crippen LogP contribution in [0.1, 0.15) is 66.4 Å². The molecular weight excluding hydrogens is 675 g/mol. The highest BCUT2D eigenvalue weighted by Gasteiger charge is 2.31. The number of methoxy groups -OCH3 is 1. The molecule has 2 aromatic carbocycles. The van der Waals surface area contributed by atoms with Crippen molar-refractivity contribution in [3.63, 3.8) is 0 Å². The molecule has 2 amide bonds. The summed E-state index contributed by atoms with van der Waals surface area (Å²) in [4.78, 5) is 41.8. The maximum atomic E-state index is 13.6. The van der Waals surface area contributed by atoms with Crippen LogP contribution in [0.25, 0.3) is 28.2 Å². The molecule has 2 N–H and O–H groups in total. The number of carbonyl (C=O) groups excluding carboxylic acids is 2. The number of likely N-dealkylation sites (N-methyl/N-ethyl adjacent to an activating group) is 1. The second kappa shape index (κ2) is 14.9. The zero-order chi connectivity index (χ0) is 36.4. The standard InChI is InChI=1S/C37H45N5O8S/c1-24(2)50-37(46)41-18-16-40(17-19-41)15-14-39(3)51(47,48)38-35(43)26-10-12-31-32(22-26)42-23-28(36(44)45)20-27-21-29(49-4)11-13-30(27)34(42)33(31)25-8-6-5-7-9-25/h10-13,20-22,25H,1,5-9,14-19,23H2,2-4H3,(H,38,43)(H,44,45). The summed E-state index contributed by atoms with van der Waals surface area (Å²) in [6, 6.07) is 10.8. The molecule has 14 heteroatoms. The Morgan fingerprint density at radius 1 is 1.04 bits per heavy atom. The van der Waals surface area contributed by atoms with Gasteiger partial charge >= 0.3 is 22.3 Å². The number of nitrogens with one attached hydrogen (secondary N) is 1. The number of rotatable bonds is 10. The molecule has 1 aliphatic carbocycles. The molecule has 0 atom stereocenters. The minimum absolute atomic E-state index is 0.0698. The van der Waals surface area contributed by atoms with Gasteiger partial charge in [-0.1, -0.05) is 31.9 Å². The molecule has 2 fully saturated rings. The predicted molar refractivity (Wildman–Crippen MR) is 194 cm³/mol. The SMILES string of the molecule is C=C(C)OC(=O)N1CCN(CCN(C)S(=O)(=O)NC(=O)c2ccc3c(C4CCCCC4)c4n(c3c2)CC(C(=O)O)=Cc2cc(OC)ccc2-4)CC1. The maximum Gasteiger partial charge on any atom is 0.414 e. The topological polar surface area (TPSA) is 151 Å². The summed E-state index contributed by atoms with van der Waals surface area (Å²) in [5.41, 5.74) is 4.67. The van der Waals surface area contributed by atoms with Gasteiger partial charge in [0.2, 0.25) is 0 Å². The van der Waals surface area contributed by atoms with E-state index < -0.39 is 28.2 Å². The number of ether oxygens (including phenoxy) is 2. The van der Waals surface area contributed by atoms with Gasteiger partial charge in [0.25, 0.3) is 5.91 Å². The highest BCUT2D eigenvalue weighted by atomic mass is 32.2. The molecule has 3 aromatic rings. The Bertz CT molecular complexity index is 2010. The number of nitrogens with zero attached hydrogens (tertiary/aromatic N) is 4. The van der Waals surface area contributed by atoms with E-state index >= 15 is 0 Å². The average molecular weight is 720 g/mol. The van der Waals surface area contributed by atoms with Crippen molar-refractivity contribution in [2.45, 2.75) is 51.5 Å². The molecule has 51 heavy (non-hydrogen) atoms. The van der Waals surface area contributed by atoms with Crippen LogP contribution in [0.5, 0.6) is 5.75 Å². The number of amides is 2. The minimum atomic E-state index is -4.19. The van der Waals surface area contributed by atoms with E-state index in [0.29, 0.717) is 49.7 Å². The lowest BCUT2D eigenvalue weighted by Gasteiger charge is -2.34. The molecule has 3 heterocycles. The lowest BCUT2D eigenvalue weighted by molar-refractivity contribution is -0.132. The van der Waals surface area contributed by atoms with Crippen LogP contribution in [-0.2, 0) is 26.3 Å². The van der Waals surface area contributed by atoms with Gasteiger partial charge in [0.05, 0.1) is 30.7 Å². The number of carboxylic acid groups (broad SMARTS) is 1. The average Bonchev–Trinajstić information content (AvgIpc) is 3.32.